The molecule has 1 fully saturated rings. The highest BCUT2D eigenvalue weighted by atomic mass is 16.5. The third-order valence-electron chi connectivity index (χ3n) is 4.30. The van der Waals surface area contributed by atoms with Gasteiger partial charge in [0.1, 0.15) is 18.0 Å². The van der Waals surface area contributed by atoms with Crippen molar-refractivity contribution in [1.82, 2.24) is 14.7 Å². The van der Waals surface area contributed by atoms with Gasteiger partial charge in [-0.05, 0) is 24.6 Å². The van der Waals surface area contributed by atoms with Crippen molar-refractivity contribution in [1.29, 1.82) is 0 Å². The van der Waals surface area contributed by atoms with Crippen LogP contribution in [0.2, 0.25) is 0 Å². The zero-order valence-electron chi connectivity index (χ0n) is 14.8. The van der Waals surface area contributed by atoms with Crippen LogP contribution in [-0.4, -0.2) is 64.2 Å². The van der Waals surface area contributed by atoms with E-state index in [0.717, 1.165) is 0 Å². The third kappa shape index (κ3) is 5.31. The Bertz CT molecular complexity index is 677. The molecule has 2 aromatic rings. The Balaban J connectivity index is 1.51. The summed E-state index contributed by atoms with van der Waals surface area (Å²) in [5.41, 5.74) is -1.22. The molecule has 0 spiro atoms. The molecule has 0 aliphatic carbocycles. The average Bonchev–Trinajstić information content (AvgIpc) is 3.09. The van der Waals surface area contributed by atoms with Gasteiger partial charge in [-0.15, -0.1) is 0 Å². The number of aromatic nitrogens is 2. The highest BCUT2D eigenvalue weighted by Gasteiger charge is 2.35. The fraction of sp³-hybridized carbons (Fsp3) is 0.474. The number of aliphatic hydroxyl groups is 1. The second-order valence-corrected chi connectivity index (χ2v) is 6.57. The molecule has 0 bridgehead atoms. The number of carbonyl (C=O) groups is 1. The number of benzene rings is 1. The van der Waals surface area contributed by atoms with Gasteiger partial charge in [-0.1, -0.05) is 18.2 Å². The van der Waals surface area contributed by atoms with Gasteiger partial charge in [-0.25, -0.2) is 0 Å². The molecule has 1 amide bonds. The Labute approximate surface area is 153 Å². The summed E-state index contributed by atoms with van der Waals surface area (Å²) in [7, 11) is 0. The van der Waals surface area contributed by atoms with Crippen LogP contribution in [0.3, 0.4) is 0 Å². The summed E-state index contributed by atoms with van der Waals surface area (Å²) in [4.78, 5) is 14.2. The number of hydrogen-bond acceptors (Lipinski definition) is 5. The van der Waals surface area contributed by atoms with E-state index in [1.807, 2.05) is 47.3 Å². The van der Waals surface area contributed by atoms with Crippen molar-refractivity contribution in [2.45, 2.75) is 25.0 Å². The Kier molecular flexibility index (Phi) is 6.25. The van der Waals surface area contributed by atoms with E-state index < -0.39 is 5.60 Å². The molecule has 26 heavy (non-hydrogen) atoms. The number of carbonyl (C=O) groups excluding carboxylic acids is 1. The first-order chi connectivity index (χ1) is 12.6. The zero-order chi connectivity index (χ0) is 18.2. The van der Waals surface area contributed by atoms with Crippen LogP contribution in [0.25, 0.3) is 0 Å². The summed E-state index contributed by atoms with van der Waals surface area (Å²) in [6.45, 7) is 2.03. The van der Waals surface area contributed by atoms with Crippen molar-refractivity contribution in [3.05, 3.63) is 48.8 Å². The van der Waals surface area contributed by atoms with Crippen molar-refractivity contribution >= 4 is 5.91 Å². The van der Waals surface area contributed by atoms with Gasteiger partial charge >= 0.3 is 0 Å². The normalized spacial score (nSPS) is 20.6. The lowest BCUT2D eigenvalue weighted by atomic mass is 10.1. The largest absolute Gasteiger partial charge is 0.490 e. The molecule has 2 heterocycles. The van der Waals surface area contributed by atoms with Crippen LogP contribution in [0.4, 0.5) is 0 Å². The van der Waals surface area contributed by atoms with Gasteiger partial charge in [0.25, 0.3) is 0 Å². The topological polar surface area (TPSA) is 76.8 Å². The molecule has 1 aromatic heterocycles. The van der Waals surface area contributed by atoms with E-state index in [1.165, 1.54) is 0 Å². The number of ether oxygens (including phenoxy) is 2. The Morgan fingerprint density at radius 2 is 2.15 bits per heavy atom. The van der Waals surface area contributed by atoms with E-state index in [2.05, 4.69) is 5.10 Å². The van der Waals surface area contributed by atoms with Crippen LogP contribution in [0.5, 0.6) is 5.75 Å². The van der Waals surface area contributed by atoms with Crippen LogP contribution in [-0.2, 0) is 16.1 Å². The summed E-state index contributed by atoms with van der Waals surface area (Å²) in [5, 5.41) is 15.0. The SMILES string of the molecule is O=C(CCCn1cccn1)N1CCOC[C@](O)(COc2ccccc2)C1. The zero-order valence-corrected chi connectivity index (χ0v) is 14.8. The Hall–Kier alpha value is -2.38. The van der Waals surface area contributed by atoms with Crippen molar-refractivity contribution in [2.24, 2.45) is 0 Å². The first kappa shape index (κ1) is 18.4. The molecule has 7 heteroatoms. The predicted octanol–water partition coefficient (Wildman–Crippen LogP) is 1.33. The molecule has 1 atom stereocenters. The van der Waals surface area contributed by atoms with E-state index in [0.29, 0.717) is 38.3 Å². The van der Waals surface area contributed by atoms with Crippen molar-refractivity contribution in [2.75, 3.05) is 32.9 Å². The van der Waals surface area contributed by atoms with Gasteiger partial charge in [0.15, 0.2) is 0 Å². The van der Waals surface area contributed by atoms with E-state index >= 15 is 0 Å². The smallest absolute Gasteiger partial charge is 0.222 e. The summed E-state index contributed by atoms with van der Waals surface area (Å²) < 4.78 is 13.0. The predicted molar refractivity (Wildman–Crippen MR) is 95.7 cm³/mol. The molecule has 0 radical (unpaired) electrons. The van der Waals surface area contributed by atoms with Crippen LogP contribution in [0.15, 0.2) is 48.8 Å². The number of aryl methyl sites for hydroxylation is 1. The van der Waals surface area contributed by atoms with E-state index in [1.54, 1.807) is 11.1 Å². The molecule has 1 aliphatic heterocycles. The Morgan fingerprint density at radius 1 is 1.31 bits per heavy atom. The molecular formula is C19H25N3O4. The minimum absolute atomic E-state index is 0.0146. The molecule has 7 nitrogen and oxygen atoms in total. The van der Waals surface area contributed by atoms with Crippen molar-refractivity contribution < 1.29 is 19.4 Å². The number of nitrogens with zero attached hydrogens (tertiary/aromatic N) is 3. The third-order valence-corrected chi connectivity index (χ3v) is 4.30. The van der Waals surface area contributed by atoms with Crippen molar-refractivity contribution in [3.63, 3.8) is 0 Å². The number of amides is 1. The maximum absolute atomic E-state index is 12.5. The average molecular weight is 359 g/mol. The highest BCUT2D eigenvalue weighted by Crippen LogP contribution is 2.17. The highest BCUT2D eigenvalue weighted by molar-refractivity contribution is 5.76. The maximum atomic E-state index is 12.5. The summed E-state index contributed by atoms with van der Waals surface area (Å²) in [6, 6.07) is 11.2. The molecule has 1 N–H and O–H groups in total. The lowest BCUT2D eigenvalue weighted by molar-refractivity contribution is -0.135. The van der Waals surface area contributed by atoms with E-state index in [4.69, 9.17) is 9.47 Å². The minimum atomic E-state index is -1.22. The molecular weight excluding hydrogens is 334 g/mol. The lowest BCUT2D eigenvalue weighted by Crippen LogP contribution is -2.50. The number of β-amino-alcohol motifs (C(OH)–C–C–N with tert-alkyl or cyclic N) is 1. The minimum Gasteiger partial charge on any atom is -0.490 e. The second-order valence-electron chi connectivity index (χ2n) is 6.57. The van der Waals surface area contributed by atoms with Gasteiger partial charge in [0.2, 0.25) is 5.91 Å². The quantitative estimate of drug-likeness (QED) is 0.807. The van der Waals surface area contributed by atoms with Gasteiger partial charge in [-0.2, -0.15) is 5.10 Å². The molecule has 1 aromatic carbocycles. The second kappa shape index (κ2) is 8.82. The fourth-order valence-corrected chi connectivity index (χ4v) is 2.93. The van der Waals surface area contributed by atoms with Gasteiger partial charge in [-0.3, -0.25) is 9.48 Å². The summed E-state index contributed by atoms with van der Waals surface area (Å²) >= 11 is 0. The monoisotopic (exact) mass is 359 g/mol. The Morgan fingerprint density at radius 3 is 2.92 bits per heavy atom. The number of hydrogen-bond donors (Lipinski definition) is 1. The molecule has 1 saturated heterocycles. The maximum Gasteiger partial charge on any atom is 0.222 e. The van der Waals surface area contributed by atoms with Gasteiger partial charge in [0, 0.05) is 31.9 Å². The molecule has 1 aliphatic rings. The molecule has 0 unspecified atom stereocenters. The first-order valence-electron chi connectivity index (χ1n) is 8.88. The van der Waals surface area contributed by atoms with Crippen LogP contribution < -0.4 is 4.74 Å². The van der Waals surface area contributed by atoms with E-state index in [9.17, 15) is 9.90 Å². The van der Waals surface area contributed by atoms with Gasteiger partial charge in [0.05, 0.1) is 19.8 Å². The number of para-hydroxylation sites is 1. The molecule has 0 saturated carbocycles. The lowest BCUT2D eigenvalue weighted by Gasteiger charge is -2.30. The number of rotatable bonds is 7. The molecule has 3 rings (SSSR count). The molecule has 140 valence electrons. The standard InChI is InChI=1S/C19H25N3O4/c23-18(8-4-10-22-11-5-9-20-22)21-12-13-25-15-19(24,14-21)16-26-17-6-2-1-3-7-17/h1-3,5-7,9,11,24H,4,8,10,12-16H2/t19-/m0/s1. The van der Waals surface area contributed by atoms with Gasteiger partial charge < -0.3 is 19.5 Å². The summed E-state index contributed by atoms with van der Waals surface area (Å²) in [5.74, 6) is 0.697. The fourth-order valence-electron chi connectivity index (χ4n) is 2.93. The van der Waals surface area contributed by atoms with Crippen molar-refractivity contribution in [3.8, 4) is 5.75 Å². The first-order valence-corrected chi connectivity index (χ1v) is 8.88. The summed E-state index contributed by atoms with van der Waals surface area (Å²) in [6.07, 6.45) is 4.72. The van der Waals surface area contributed by atoms with Crippen LogP contribution in [0.1, 0.15) is 12.8 Å². The van der Waals surface area contributed by atoms with Crippen LogP contribution >= 0.6 is 0 Å². The van der Waals surface area contributed by atoms with E-state index in [-0.39, 0.29) is 25.7 Å². The van der Waals surface area contributed by atoms with Crippen LogP contribution in [0, 0.1) is 0 Å².